The zero-order valence-electron chi connectivity index (χ0n) is 33.6. The molecule has 1 aromatic carbocycles. The normalized spacial score (nSPS) is 25.7. The van der Waals surface area contributed by atoms with Crippen LogP contribution in [-0.2, 0) is 30.3 Å². The van der Waals surface area contributed by atoms with Crippen LogP contribution < -0.4 is 20.7 Å². The molecular weight excluding hydrogens is 702 g/mol. The van der Waals surface area contributed by atoms with Gasteiger partial charge in [-0.3, -0.25) is 9.59 Å². The van der Waals surface area contributed by atoms with E-state index in [4.69, 9.17) is 14.2 Å². The summed E-state index contributed by atoms with van der Waals surface area (Å²) in [6.07, 6.45) is 11.8. The number of aliphatic hydroxyl groups excluding tert-OH is 2. The van der Waals surface area contributed by atoms with Crippen molar-refractivity contribution in [3.05, 3.63) is 23.8 Å². The van der Waals surface area contributed by atoms with Gasteiger partial charge in [0, 0.05) is 37.8 Å². The Morgan fingerprint density at radius 2 is 1.67 bits per heavy atom. The van der Waals surface area contributed by atoms with Crippen molar-refractivity contribution in [3.63, 3.8) is 0 Å². The fourth-order valence-corrected chi connectivity index (χ4v) is 10.0. The number of aromatic hydroxyl groups is 1. The van der Waals surface area contributed by atoms with Gasteiger partial charge in [-0.15, -0.1) is 0 Å². The topological polar surface area (TPSA) is 176 Å². The van der Waals surface area contributed by atoms with Crippen LogP contribution >= 0.6 is 0 Å². The molecule has 4 aliphatic rings. The van der Waals surface area contributed by atoms with Gasteiger partial charge in [0.1, 0.15) is 17.7 Å². The number of piperidine rings is 2. The predicted molar refractivity (Wildman–Crippen MR) is 210 cm³/mol. The third-order valence-electron chi connectivity index (χ3n) is 13.2. The van der Waals surface area contributed by atoms with Gasteiger partial charge in [-0.25, -0.2) is 4.79 Å². The van der Waals surface area contributed by atoms with E-state index in [1.54, 1.807) is 13.0 Å². The van der Waals surface area contributed by atoms with E-state index in [1.165, 1.54) is 33.3 Å². The molecule has 12 heteroatoms. The van der Waals surface area contributed by atoms with Crippen molar-refractivity contribution in [1.29, 1.82) is 0 Å². The molecule has 4 fully saturated rings. The molecule has 0 spiro atoms. The number of fused-ring (bicyclic) bond motifs is 1. The summed E-state index contributed by atoms with van der Waals surface area (Å²) < 4.78 is 18.5. The molecule has 2 aliphatic heterocycles. The minimum absolute atomic E-state index is 0.0100. The molecule has 55 heavy (non-hydrogen) atoms. The molecule has 2 heterocycles. The van der Waals surface area contributed by atoms with E-state index in [2.05, 4.69) is 16.0 Å². The predicted octanol–water partition coefficient (Wildman–Crippen LogP) is 5.23. The van der Waals surface area contributed by atoms with Crippen molar-refractivity contribution in [1.82, 2.24) is 16.0 Å². The van der Waals surface area contributed by atoms with E-state index >= 15 is 0 Å². The first-order chi connectivity index (χ1) is 26.4. The maximum Gasteiger partial charge on any atom is 0.332 e. The largest absolute Gasteiger partial charge is 0.504 e. The Balaban J connectivity index is 1.47. The minimum atomic E-state index is -1.10. The smallest absolute Gasteiger partial charge is 0.332 e. The molecule has 2 saturated carbocycles. The molecule has 12 nitrogen and oxygen atoms in total. The first-order valence-electron chi connectivity index (χ1n) is 21.3. The van der Waals surface area contributed by atoms with Crippen molar-refractivity contribution in [2.24, 2.45) is 17.3 Å². The monoisotopic (exact) mass is 772 g/mol. The van der Waals surface area contributed by atoms with Gasteiger partial charge in [-0.1, -0.05) is 38.2 Å². The van der Waals surface area contributed by atoms with Crippen molar-refractivity contribution in [3.8, 4) is 11.5 Å². The molecule has 7 atom stereocenters. The maximum atomic E-state index is 14.8. The highest BCUT2D eigenvalue weighted by molar-refractivity contribution is 5.90. The molecule has 0 bridgehead atoms. The molecular formula is C43H69N3O9. The molecule has 5 rings (SSSR count). The number of ether oxygens (including phenoxy) is 3. The van der Waals surface area contributed by atoms with Gasteiger partial charge in [0.15, 0.2) is 11.5 Å². The van der Waals surface area contributed by atoms with E-state index in [1.807, 2.05) is 12.1 Å². The van der Waals surface area contributed by atoms with Gasteiger partial charge in [-0.2, -0.15) is 0 Å². The number of esters is 2. The second-order valence-electron chi connectivity index (χ2n) is 17.2. The number of carbonyl (C=O) groups is 3. The Labute approximate surface area is 328 Å². The van der Waals surface area contributed by atoms with Crippen LogP contribution in [0, 0.1) is 17.3 Å². The Bertz CT molecular complexity index is 1400. The van der Waals surface area contributed by atoms with Crippen LogP contribution in [0.15, 0.2) is 18.2 Å². The van der Waals surface area contributed by atoms with Gasteiger partial charge in [0.2, 0.25) is 5.91 Å². The molecule has 310 valence electrons. The Morgan fingerprint density at radius 1 is 0.945 bits per heavy atom. The van der Waals surface area contributed by atoms with Crippen LogP contribution in [0.5, 0.6) is 11.5 Å². The highest BCUT2D eigenvalue weighted by Crippen LogP contribution is 2.46. The van der Waals surface area contributed by atoms with E-state index in [-0.39, 0.29) is 29.9 Å². The number of phenols is 1. The highest BCUT2D eigenvalue weighted by Gasteiger charge is 2.54. The van der Waals surface area contributed by atoms with Gasteiger partial charge in [-0.05, 0) is 127 Å². The van der Waals surface area contributed by atoms with Crippen LogP contribution in [0.25, 0.3) is 0 Å². The number of nitrogens with one attached hydrogen (secondary N) is 3. The van der Waals surface area contributed by atoms with Crippen molar-refractivity contribution < 1.29 is 43.9 Å². The molecule has 0 radical (unpaired) electrons. The second kappa shape index (κ2) is 20.5. The number of amides is 1. The van der Waals surface area contributed by atoms with Gasteiger partial charge < -0.3 is 45.5 Å². The van der Waals surface area contributed by atoms with Crippen LogP contribution in [0.1, 0.15) is 135 Å². The number of phenolic OH excluding ortho intramolecular Hbond substituents is 1. The lowest BCUT2D eigenvalue weighted by molar-refractivity contribution is -0.179. The number of carbonyl (C=O) groups excluding carboxylic acids is 3. The van der Waals surface area contributed by atoms with E-state index in [0.717, 1.165) is 37.7 Å². The van der Waals surface area contributed by atoms with E-state index in [9.17, 15) is 29.7 Å². The lowest BCUT2D eigenvalue weighted by Gasteiger charge is -2.49. The third-order valence-corrected chi connectivity index (χ3v) is 13.2. The number of hydrogen-bond donors (Lipinski definition) is 6. The number of aliphatic hydroxyl groups is 2. The summed E-state index contributed by atoms with van der Waals surface area (Å²) in [7, 11) is 1.52. The zero-order chi connectivity index (χ0) is 39.4. The van der Waals surface area contributed by atoms with Crippen LogP contribution in [-0.4, -0.2) is 95.9 Å². The van der Waals surface area contributed by atoms with Crippen LogP contribution in [0.3, 0.4) is 0 Å². The SMILES string of the molecule is COc1cc(CC2([C@@H](C[C@H](OC(C)=O)[C@@H](CC[C@H](O)CNC3CCCCC3)CC[C@H](C)O)OC(=O)[C@]34CCCC[C@H]3CCC(=O)N4)CCNCC2)ccc1O. The van der Waals surface area contributed by atoms with Crippen LogP contribution in [0.4, 0.5) is 0 Å². The fourth-order valence-electron chi connectivity index (χ4n) is 10.0. The summed E-state index contributed by atoms with van der Waals surface area (Å²) in [6.45, 7) is 5.03. The first-order valence-corrected chi connectivity index (χ1v) is 21.3. The number of rotatable bonds is 19. The Hall–Kier alpha value is -2.93. The molecule has 0 unspecified atom stereocenters. The number of methoxy groups -OCH3 is 1. The van der Waals surface area contributed by atoms with E-state index in [0.29, 0.717) is 95.6 Å². The lowest BCUT2D eigenvalue weighted by Crippen LogP contribution is -2.65. The Kier molecular flexibility index (Phi) is 16.1. The zero-order valence-corrected chi connectivity index (χ0v) is 33.6. The van der Waals surface area contributed by atoms with E-state index < -0.39 is 47.3 Å². The third kappa shape index (κ3) is 11.8. The summed E-state index contributed by atoms with van der Waals surface area (Å²) in [5.74, 6) is -0.817. The van der Waals surface area contributed by atoms with Crippen molar-refractivity contribution in [2.75, 3.05) is 26.7 Å². The fraction of sp³-hybridized carbons (Fsp3) is 0.791. The summed E-state index contributed by atoms with van der Waals surface area (Å²) >= 11 is 0. The average molecular weight is 772 g/mol. The van der Waals surface area contributed by atoms with Crippen LogP contribution in [0.2, 0.25) is 0 Å². The van der Waals surface area contributed by atoms with Crippen molar-refractivity contribution >= 4 is 17.8 Å². The molecule has 0 aromatic heterocycles. The standard InChI is InChI=1S/C43H69N3O9/c1-29(47)12-14-32(15-17-35(49)28-45-34-10-5-4-6-11-34)37(54-30(2)48)26-39(55-41(52)43-20-8-7-9-33(43)16-19-40(51)46-43)42(21-23-44-24-22-42)27-31-13-18-36(50)38(25-31)53-3/h13,18,25,29,32-35,37,39,44-45,47,49-50H,4-12,14-17,19-24,26-28H2,1-3H3,(H,46,51)/t29-,32+,33-,35-,37-,39+,43-/m0/s1. The molecule has 6 N–H and O–H groups in total. The first kappa shape index (κ1) is 43.2. The summed E-state index contributed by atoms with van der Waals surface area (Å²) in [6, 6.07) is 5.74. The van der Waals surface area contributed by atoms with Gasteiger partial charge in [0.05, 0.1) is 19.3 Å². The van der Waals surface area contributed by atoms with Crippen molar-refractivity contribution in [2.45, 2.75) is 172 Å². The second-order valence-corrected chi connectivity index (χ2v) is 17.2. The quantitative estimate of drug-likeness (QED) is 0.102. The molecule has 1 amide bonds. The molecule has 1 aromatic rings. The minimum Gasteiger partial charge on any atom is -0.504 e. The summed E-state index contributed by atoms with van der Waals surface area (Å²) in [4.78, 5) is 40.6. The lowest BCUT2D eigenvalue weighted by atomic mass is 9.66. The highest BCUT2D eigenvalue weighted by atomic mass is 16.6. The maximum absolute atomic E-state index is 14.8. The Morgan fingerprint density at radius 3 is 2.38 bits per heavy atom. The number of benzene rings is 1. The molecule has 2 saturated heterocycles. The van der Waals surface area contributed by atoms with Gasteiger partial charge in [0.25, 0.3) is 0 Å². The summed E-state index contributed by atoms with van der Waals surface area (Å²) in [5, 5.41) is 42.1. The van der Waals surface area contributed by atoms with Gasteiger partial charge >= 0.3 is 11.9 Å². The molecule has 2 aliphatic carbocycles. The number of hydrogen-bond acceptors (Lipinski definition) is 11. The average Bonchev–Trinajstić information content (AvgIpc) is 3.17. The summed E-state index contributed by atoms with van der Waals surface area (Å²) in [5.41, 5.74) is -0.765.